The highest BCUT2D eigenvalue weighted by Crippen LogP contribution is 2.20. The van der Waals surface area contributed by atoms with Crippen LogP contribution in [-0.4, -0.2) is 36.7 Å². The van der Waals surface area contributed by atoms with Crippen molar-refractivity contribution in [3.63, 3.8) is 0 Å². The molecule has 0 aliphatic carbocycles. The van der Waals surface area contributed by atoms with E-state index >= 15 is 0 Å². The van der Waals surface area contributed by atoms with Crippen LogP contribution in [0.25, 0.3) is 0 Å². The Morgan fingerprint density at radius 1 is 1.29 bits per heavy atom. The monoisotopic (exact) mass is 199 g/mol. The fourth-order valence-corrected chi connectivity index (χ4v) is 2.16. The molecule has 1 aliphatic heterocycles. The van der Waals surface area contributed by atoms with Crippen molar-refractivity contribution in [1.82, 2.24) is 4.90 Å². The van der Waals surface area contributed by atoms with Crippen molar-refractivity contribution in [2.45, 2.75) is 52.6 Å². The van der Waals surface area contributed by atoms with E-state index < -0.39 is 0 Å². The third kappa shape index (κ3) is 3.58. The molecular formula is C12H25NO. The Labute approximate surface area is 88.6 Å². The summed E-state index contributed by atoms with van der Waals surface area (Å²) in [5.41, 5.74) is 0. The molecule has 1 saturated heterocycles. The predicted molar refractivity (Wildman–Crippen MR) is 60.5 cm³/mol. The van der Waals surface area contributed by atoms with Crippen LogP contribution in [0.2, 0.25) is 0 Å². The van der Waals surface area contributed by atoms with E-state index in [1.807, 2.05) is 0 Å². The first-order valence-electron chi connectivity index (χ1n) is 5.94. The molecule has 1 unspecified atom stereocenters. The van der Waals surface area contributed by atoms with Gasteiger partial charge in [-0.3, -0.25) is 4.90 Å². The van der Waals surface area contributed by atoms with Gasteiger partial charge in [-0.05, 0) is 39.2 Å². The lowest BCUT2D eigenvalue weighted by molar-refractivity contribution is 0.0522. The lowest BCUT2D eigenvalue weighted by Crippen LogP contribution is -2.38. The summed E-state index contributed by atoms with van der Waals surface area (Å²) in [5.74, 6) is 0.656. The van der Waals surface area contributed by atoms with E-state index in [0.29, 0.717) is 18.0 Å². The predicted octanol–water partition coefficient (Wildman–Crippen LogP) is 2.53. The minimum Gasteiger partial charge on any atom is -0.380 e. The molecule has 1 fully saturated rings. The summed E-state index contributed by atoms with van der Waals surface area (Å²) in [5, 5.41) is 0. The van der Waals surface area contributed by atoms with Gasteiger partial charge in [-0.1, -0.05) is 13.8 Å². The third-order valence-electron chi connectivity index (χ3n) is 2.85. The van der Waals surface area contributed by atoms with Crippen molar-refractivity contribution < 1.29 is 4.74 Å². The zero-order valence-electron chi connectivity index (χ0n) is 10.1. The molecule has 1 aliphatic rings. The topological polar surface area (TPSA) is 12.5 Å². The van der Waals surface area contributed by atoms with Gasteiger partial charge in [0, 0.05) is 18.7 Å². The molecule has 2 nitrogen and oxygen atoms in total. The molecule has 0 aromatic rings. The summed E-state index contributed by atoms with van der Waals surface area (Å²) in [4.78, 5) is 2.57. The Kier molecular flexibility index (Phi) is 4.90. The van der Waals surface area contributed by atoms with Crippen molar-refractivity contribution in [2.24, 2.45) is 5.92 Å². The zero-order chi connectivity index (χ0) is 10.6. The number of nitrogens with zero attached hydrogens (tertiary/aromatic N) is 1. The Morgan fingerprint density at radius 3 is 2.57 bits per heavy atom. The highest BCUT2D eigenvalue weighted by Gasteiger charge is 2.26. The Balaban J connectivity index is 2.22. The van der Waals surface area contributed by atoms with E-state index in [1.165, 1.54) is 19.4 Å². The van der Waals surface area contributed by atoms with Crippen molar-refractivity contribution in [2.75, 3.05) is 19.8 Å². The zero-order valence-corrected chi connectivity index (χ0v) is 10.1. The Hall–Kier alpha value is -0.0800. The van der Waals surface area contributed by atoms with Crippen LogP contribution in [0.4, 0.5) is 0 Å². The van der Waals surface area contributed by atoms with E-state index in [-0.39, 0.29) is 0 Å². The van der Waals surface area contributed by atoms with Crippen LogP contribution in [0.3, 0.4) is 0 Å². The van der Waals surface area contributed by atoms with Gasteiger partial charge in [0.2, 0.25) is 0 Å². The lowest BCUT2D eigenvalue weighted by Gasteiger charge is -2.28. The number of ether oxygens (including phenoxy) is 1. The first-order chi connectivity index (χ1) is 6.61. The van der Waals surface area contributed by atoms with E-state index in [4.69, 9.17) is 4.74 Å². The number of hydrogen-bond acceptors (Lipinski definition) is 2. The van der Waals surface area contributed by atoms with Gasteiger partial charge < -0.3 is 4.74 Å². The summed E-state index contributed by atoms with van der Waals surface area (Å²) in [6.07, 6.45) is 2.66. The highest BCUT2D eigenvalue weighted by molar-refractivity contribution is 4.81. The van der Waals surface area contributed by atoms with Crippen LogP contribution < -0.4 is 0 Å². The van der Waals surface area contributed by atoms with Gasteiger partial charge in [0.1, 0.15) is 0 Å². The average molecular weight is 199 g/mol. The molecule has 0 amide bonds. The van der Waals surface area contributed by atoms with Gasteiger partial charge in [-0.15, -0.1) is 0 Å². The maximum absolute atomic E-state index is 5.72. The van der Waals surface area contributed by atoms with Gasteiger partial charge in [-0.25, -0.2) is 0 Å². The molecule has 0 spiro atoms. The van der Waals surface area contributed by atoms with Crippen molar-refractivity contribution in [3.8, 4) is 0 Å². The van der Waals surface area contributed by atoms with Crippen LogP contribution in [0.1, 0.15) is 40.5 Å². The molecule has 0 radical (unpaired) electrons. The molecule has 0 aromatic carbocycles. The van der Waals surface area contributed by atoms with Crippen LogP contribution in [-0.2, 0) is 4.74 Å². The fourth-order valence-electron chi connectivity index (χ4n) is 2.16. The molecule has 0 bridgehead atoms. The van der Waals surface area contributed by atoms with E-state index in [2.05, 4.69) is 32.6 Å². The van der Waals surface area contributed by atoms with E-state index in [1.54, 1.807) is 0 Å². The maximum Gasteiger partial charge on any atom is 0.0622 e. The lowest BCUT2D eigenvalue weighted by atomic mass is 10.2. The summed E-state index contributed by atoms with van der Waals surface area (Å²) in [7, 11) is 0. The third-order valence-corrected chi connectivity index (χ3v) is 2.85. The normalized spacial score (nSPS) is 24.0. The van der Waals surface area contributed by atoms with Gasteiger partial charge in [-0.2, -0.15) is 0 Å². The molecule has 0 N–H and O–H groups in total. The van der Waals surface area contributed by atoms with Gasteiger partial charge in [0.25, 0.3) is 0 Å². The van der Waals surface area contributed by atoms with E-state index in [9.17, 15) is 0 Å². The Morgan fingerprint density at radius 2 is 2.00 bits per heavy atom. The molecule has 1 atom stereocenters. The van der Waals surface area contributed by atoms with Gasteiger partial charge in [0.15, 0.2) is 0 Å². The first kappa shape index (κ1) is 12.0. The molecule has 2 heteroatoms. The van der Waals surface area contributed by atoms with Crippen molar-refractivity contribution in [1.29, 1.82) is 0 Å². The fraction of sp³-hybridized carbons (Fsp3) is 1.00. The second kappa shape index (κ2) is 5.72. The van der Waals surface area contributed by atoms with Crippen LogP contribution in [0, 0.1) is 5.92 Å². The largest absolute Gasteiger partial charge is 0.380 e. The number of rotatable bonds is 5. The molecule has 0 aromatic heterocycles. The molecule has 1 heterocycles. The minimum absolute atomic E-state index is 0.656. The number of likely N-dealkylation sites (tertiary alicyclic amines) is 1. The molecule has 1 rings (SSSR count). The minimum atomic E-state index is 0.656. The standard InChI is InChI=1S/C12H25NO/c1-10(2)8-14-9-12-6-5-7-13(12)11(3)4/h10-12H,5-9H2,1-4H3. The van der Waals surface area contributed by atoms with Gasteiger partial charge >= 0.3 is 0 Å². The summed E-state index contributed by atoms with van der Waals surface area (Å²) in [6.45, 7) is 12.1. The molecule has 0 saturated carbocycles. The van der Waals surface area contributed by atoms with Crippen molar-refractivity contribution >= 4 is 0 Å². The summed E-state index contributed by atoms with van der Waals surface area (Å²) in [6, 6.07) is 1.35. The SMILES string of the molecule is CC(C)COCC1CCCN1C(C)C. The average Bonchev–Trinajstić information content (AvgIpc) is 2.51. The summed E-state index contributed by atoms with van der Waals surface area (Å²) < 4.78 is 5.72. The van der Waals surface area contributed by atoms with E-state index in [0.717, 1.165) is 13.2 Å². The molecule has 14 heavy (non-hydrogen) atoms. The quantitative estimate of drug-likeness (QED) is 0.674. The smallest absolute Gasteiger partial charge is 0.0622 e. The maximum atomic E-state index is 5.72. The van der Waals surface area contributed by atoms with Crippen LogP contribution in [0.15, 0.2) is 0 Å². The van der Waals surface area contributed by atoms with Crippen molar-refractivity contribution in [3.05, 3.63) is 0 Å². The number of hydrogen-bond donors (Lipinski definition) is 0. The van der Waals surface area contributed by atoms with Gasteiger partial charge in [0.05, 0.1) is 6.61 Å². The second-order valence-corrected chi connectivity index (χ2v) is 5.06. The second-order valence-electron chi connectivity index (χ2n) is 5.06. The molecular weight excluding hydrogens is 174 g/mol. The van der Waals surface area contributed by atoms with Crippen LogP contribution in [0.5, 0.6) is 0 Å². The summed E-state index contributed by atoms with van der Waals surface area (Å²) >= 11 is 0. The first-order valence-corrected chi connectivity index (χ1v) is 5.94. The van der Waals surface area contributed by atoms with Crippen LogP contribution >= 0.6 is 0 Å². The molecule has 84 valence electrons. The highest BCUT2D eigenvalue weighted by atomic mass is 16.5. The Bertz CT molecular complexity index is 156.